The number of aliphatic carboxylic acids is 1. The summed E-state index contributed by atoms with van der Waals surface area (Å²) in [5.41, 5.74) is 1.14. The van der Waals surface area contributed by atoms with Crippen molar-refractivity contribution in [1.82, 2.24) is 4.90 Å². The number of para-hydroxylation sites is 1. The first kappa shape index (κ1) is 13.4. The zero-order chi connectivity index (χ0) is 14.1. The van der Waals surface area contributed by atoms with E-state index in [1.807, 2.05) is 18.2 Å². The van der Waals surface area contributed by atoms with Gasteiger partial charge in [0.2, 0.25) is 0 Å². The second kappa shape index (κ2) is 5.44. The van der Waals surface area contributed by atoms with Crippen LogP contribution in [0.2, 0.25) is 0 Å². The molecule has 1 aromatic carbocycles. The lowest BCUT2D eigenvalue weighted by molar-refractivity contribution is -0.147. The zero-order valence-electron chi connectivity index (χ0n) is 11.8. The predicted octanol–water partition coefficient (Wildman–Crippen LogP) is 2.70. The van der Waals surface area contributed by atoms with Gasteiger partial charge in [0, 0.05) is 17.5 Å². The van der Waals surface area contributed by atoms with E-state index in [9.17, 15) is 9.90 Å². The van der Waals surface area contributed by atoms with Gasteiger partial charge in [0.1, 0.15) is 11.8 Å². The number of rotatable bonds is 2. The topological polar surface area (TPSA) is 49.8 Å². The molecule has 3 rings (SSSR count). The molecule has 4 heteroatoms. The van der Waals surface area contributed by atoms with Crippen LogP contribution in [0.3, 0.4) is 0 Å². The van der Waals surface area contributed by atoms with Gasteiger partial charge in [-0.25, -0.2) is 0 Å². The molecule has 0 radical (unpaired) electrons. The van der Waals surface area contributed by atoms with Crippen LogP contribution in [0.5, 0.6) is 5.75 Å². The van der Waals surface area contributed by atoms with E-state index in [0.29, 0.717) is 12.5 Å². The van der Waals surface area contributed by atoms with Crippen molar-refractivity contribution in [2.45, 2.75) is 38.3 Å². The number of carboxylic acids is 1. The fraction of sp³-hybridized carbons (Fsp3) is 0.562. The van der Waals surface area contributed by atoms with Crippen LogP contribution in [0, 0.1) is 5.92 Å². The van der Waals surface area contributed by atoms with Gasteiger partial charge in [-0.2, -0.15) is 0 Å². The third-order valence-corrected chi connectivity index (χ3v) is 4.46. The molecule has 1 fully saturated rings. The monoisotopic (exact) mass is 275 g/mol. The Morgan fingerprint density at radius 3 is 2.95 bits per heavy atom. The Morgan fingerprint density at radius 1 is 1.35 bits per heavy atom. The van der Waals surface area contributed by atoms with Crippen LogP contribution < -0.4 is 4.74 Å². The van der Waals surface area contributed by atoms with Crippen molar-refractivity contribution in [3.05, 3.63) is 29.8 Å². The third-order valence-electron chi connectivity index (χ3n) is 4.46. The van der Waals surface area contributed by atoms with E-state index < -0.39 is 5.97 Å². The number of likely N-dealkylation sites (tertiary alicyclic amines) is 1. The summed E-state index contributed by atoms with van der Waals surface area (Å²) in [5.74, 6) is 0.524. The van der Waals surface area contributed by atoms with Gasteiger partial charge in [-0.1, -0.05) is 31.5 Å². The Balaban J connectivity index is 1.96. The standard InChI is InChI=1S/C16H21NO3/c1-11-10-20-14-8-3-2-6-12(14)15(11)17-9-5-4-7-13(17)16(18)19/h2-3,6,8,11,13,15H,4-5,7,9-10H2,1H3,(H,18,19). The molecule has 0 amide bonds. The summed E-state index contributed by atoms with van der Waals surface area (Å²) < 4.78 is 5.78. The van der Waals surface area contributed by atoms with Crippen LogP contribution in [-0.2, 0) is 4.79 Å². The summed E-state index contributed by atoms with van der Waals surface area (Å²) in [6, 6.07) is 7.82. The van der Waals surface area contributed by atoms with Gasteiger partial charge in [-0.05, 0) is 25.5 Å². The smallest absolute Gasteiger partial charge is 0.320 e. The lowest BCUT2D eigenvalue weighted by Crippen LogP contribution is -2.49. The molecule has 0 bridgehead atoms. The highest BCUT2D eigenvalue weighted by atomic mass is 16.5. The molecular formula is C16H21NO3. The van der Waals surface area contributed by atoms with Crippen LogP contribution in [-0.4, -0.2) is 35.2 Å². The number of carbonyl (C=O) groups is 1. The van der Waals surface area contributed by atoms with E-state index in [0.717, 1.165) is 37.1 Å². The van der Waals surface area contributed by atoms with E-state index in [4.69, 9.17) is 4.74 Å². The van der Waals surface area contributed by atoms with Gasteiger partial charge in [0.05, 0.1) is 6.61 Å². The van der Waals surface area contributed by atoms with Gasteiger partial charge < -0.3 is 9.84 Å². The van der Waals surface area contributed by atoms with Crippen LogP contribution in [0.25, 0.3) is 0 Å². The molecule has 3 unspecified atom stereocenters. The van der Waals surface area contributed by atoms with Crippen molar-refractivity contribution in [1.29, 1.82) is 0 Å². The Bertz CT molecular complexity index is 502. The van der Waals surface area contributed by atoms with Gasteiger partial charge in [-0.3, -0.25) is 9.69 Å². The van der Waals surface area contributed by atoms with Crippen molar-refractivity contribution in [2.24, 2.45) is 5.92 Å². The number of benzene rings is 1. The zero-order valence-corrected chi connectivity index (χ0v) is 11.8. The van der Waals surface area contributed by atoms with E-state index in [1.54, 1.807) is 0 Å². The molecule has 1 saturated heterocycles. The molecule has 2 heterocycles. The molecule has 3 atom stereocenters. The lowest BCUT2D eigenvalue weighted by atomic mass is 9.87. The maximum absolute atomic E-state index is 11.6. The first-order valence-electron chi connectivity index (χ1n) is 7.39. The highest BCUT2D eigenvalue weighted by Crippen LogP contribution is 2.41. The number of ether oxygens (including phenoxy) is 1. The lowest BCUT2D eigenvalue weighted by Gasteiger charge is -2.44. The molecule has 0 aliphatic carbocycles. The first-order chi connectivity index (χ1) is 9.68. The molecule has 108 valence electrons. The number of hydrogen-bond donors (Lipinski definition) is 1. The number of carboxylic acid groups (broad SMARTS) is 1. The molecule has 1 aromatic rings. The maximum Gasteiger partial charge on any atom is 0.320 e. The highest BCUT2D eigenvalue weighted by molar-refractivity contribution is 5.73. The summed E-state index contributed by atoms with van der Waals surface area (Å²) in [6.45, 7) is 3.67. The summed E-state index contributed by atoms with van der Waals surface area (Å²) in [4.78, 5) is 13.7. The van der Waals surface area contributed by atoms with Gasteiger partial charge in [-0.15, -0.1) is 0 Å². The van der Waals surface area contributed by atoms with Crippen molar-refractivity contribution in [3.8, 4) is 5.75 Å². The fourth-order valence-electron chi connectivity index (χ4n) is 3.53. The molecule has 2 aliphatic heterocycles. The van der Waals surface area contributed by atoms with E-state index in [1.165, 1.54) is 0 Å². The highest BCUT2D eigenvalue weighted by Gasteiger charge is 2.39. The Labute approximate surface area is 119 Å². The second-order valence-electron chi connectivity index (χ2n) is 5.86. The summed E-state index contributed by atoms with van der Waals surface area (Å²) >= 11 is 0. The van der Waals surface area contributed by atoms with Gasteiger partial charge in [0.15, 0.2) is 0 Å². The van der Waals surface area contributed by atoms with Gasteiger partial charge in [0.25, 0.3) is 0 Å². The number of piperidine rings is 1. The Hall–Kier alpha value is -1.55. The van der Waals surface area contributed by atoms with Crippen molar-refractivity contribution >= 4 is 5.97 Å². The molecule has 0 saturated carbocycles. The Morgan fingerprint density at radius 2 is 2.15 bits per heavy atom. The SMILES string of the molecule is CC1COc2ccccc2C1N1CCCCC1C(=O)O. The number of hydrogen-bond acceptors (Lipinski definition) is 3. The van der Waals surface area contributed by atoms with Crippen molar-refractivity contribution < 1.29 is 14.6 Å². The van der Waals surface area contributed by atoms with Crippen molar-refractivity contribution in [3.63, 3.8) is 0 Å². The molecule has 20 heavy (non-hydrogen) atoms. The van der Waals surface area contributed by atoms with Crippen LogP contribution in [0.1, 0.15) is 37.8 Å². The van der Waals surface area contributed by atoms with Crippen LogP contribution >= 0.6 is 0 Å². The molecule has 1 N–H and O–H groups in total. The minimum atomic E-state index is -0.694. The molecule has 2 aliphatic rings. The predicted molar refractivity (Wildman–Crippen MR) is 75.8 cm³/mol. The summed E-state index contributed by atoms with van der Waals surface area (Å²) in [5, 5.41) is 9.50. The van der Waals surface area contributed by atoms with E-state index in [-0.39, 0.29) is 12.1 Å². The third kappa shape index (κ3) is 2.29. The van der Waals surface area contributed by atoms with E-state index >= 15 is 0 Å². The second-order valence-corrected chi connectivity index (χ2v) is 5.86. The quantitative estimate of drug-likeness (QED) is 0.901. The fourth-order valence-corrected chi connectivity index (χ4v) is 3.53. The average Bonchev–Trinajstić information content (AvgIpc) is 2.47. The molecule has 0 aromatic heterocycles. The number of nitrogens with zero attached hydrogens (tertiary/aromatic N) is 1. The molecular weight excluding hydrogens is 254 g/mol. The van der Waals surface area contributed by atoms with Crippen LogP contribution in [0.15, 0.2) is 24.3 Å². The molecule has 4 nitrogen and oxygen atoms in total. The van der Waals surface area contributed by atoms with Crippen molar-refractivity contribution in [2.75, 3.05) is 13.2 Å². The number of fused-ring (bicyclic) bond motifs is 1. The summed E-state index contributed by atoms with van der Waals surface area (Å²) in [7, 11) is 0. The van der Waals surface area contributed by atoms with Crippen LogP contribution in [0.4, 0.5) is 0 Å². The summed E-state index contributed by atoms with van der Waals surface area (Å²) in [6.07, 6.45) is 2.84. The first-order valence-corrected chi connectivity index (χ1v) is 7.39. The molecule has 0 spiro atoms. The normalized spacial score (nSPS) is 30.4. The largest absolute Gasteiger partial charge is 0.493 e. The average molecular weight is 275 g/mol. The Kier molecular flexibility index (Phi) is 3.66. The maximum atomic E-state index is 11.6. The minimum absolute atomic E-state index is 0.154. The van der Waals surface area contributed by atoms with Gasteiger partial charge >= 0.3 is 5.97 Å². The minimum Gasteiger partial charge on any atom is -0.493 e. The van der Waals surface area contributed by atoms with E-state index in [2.05, 4.69) is 17.9 Å².